The number of halogens is 2. The zero-order valence-electron chi connectivity index (χ0n) is 24.7. The van der Waals surface area contributed by atoms with Gasteiger partial charge in [0.25, 0.3) is 5.56 Å². The maximum atomic E-state index is 14.2. The highest BCUT2D eigenvalue weighted by atomic mass is 79.9. The van der Waals surface area contributed by atoms with Crippen LogP contribution in [0.1, 0.15) is 42.1 Å². The van der Waals surface area contributed by atoms with Crippen LogP contribution in [0.25, 0.3) is 6.08 Å². The molecule has 0 N–H and O–H groups in total. The van der Waals surface area contributed by atoms with E-state index in [1.165, 1.54) is 30.1 Å². The first kappa shape index (κ1) is 32.0. The van der Waals surface area contributed by atoms with Gasteiger partial charge in [0.1, 0.15) is 12.4 Å². The SMILES string of the molecule is CCOC(=O)C1=C(C)N=c2s/c(=C\c3cc(Cl)ccc3OCc3ccc(C#N)cc3)c(=O)n2[C@H]1c1cc(OC)c(OC)cc1Br. The van der Waals surface area contributed by atoms with Crippen LogP contribution in [0, 0.1) is 11.3 Å². The van der Waals surface area contributed by atoms with E-state index < -0.39 is 12.0 Å². The molecule has 5 rings (SSSR count). The summed E-state index contributed by atoms with van der Waals surface area (Å²) in [5.41, 5.74) is 2.91. The van der Waals surface area contributed by atoms with Crippen LogP contribution in [-0.4, -0.2) is 31.4 Å². The minimum absolute atomic E-state index is 0.153. The van der Waals surface area contributed by atoms with E-state index in [2.05, 4.69) is 27.0 Å². The second-order valence-corrected chi connectivity index (χ2v) is 12.1. The Bertz CT molecular complexity index is 2050. The standard InChI is InChI=1S/C33H27BrClN3O6S/c1-5-43-32(40)29-18(2)37-33-38(30(29)23-14-26(41-3)27(42-4)15-24(23)34)31(39)28(45-33)13-21-12-22(35)10-11-25(21)44-17-20-8-6-19(16-36)7-9-20/h6-15,30H,5,17H2,1-4H3/b28-13-/t30-/m0/s1. The Balaban J connectivity index is 1.65. The lowest BCUT2D eigenvalue weighted by Crippen LogP contribution is -2.40. The van der Waals surface area contributed by atoms with Crippen LogP contribution in [0.15, 0.2) is 80.1 Å². The average Bonchev–Trinajstić information content (AvgIpc) is 3.33. The minimum Gasteiger partial charge on any atom is -0.493 e. The van der Waals surface area contributed by atoms with Gasteiger partial charge in [0.15, 0.2) is 16.3 Å². The number of thiazole rings is 1. The molecule has 0 aliphatic carbocycles. The topological polar surface area (TPSA) is 112 Å². The van der Waals surface area contributed by atoms with E-state index in [1.54, 1.807) is 62.4 Å². The molecule has 45 heavy (non-hydrogen) atoms. The number of carbonyl (C=O) groups is 1. The highest BCUT2D eigenvalue weighted by Gasteiger charge is 2.35. The van der Waals surface area contributed by atoms with Crippen molar-refractivity contribution in [1.29, 1.82) is 5.26 Å². The van der Waals surface area contributed by atoms with Gasteiger partial charge in [-0.1, -0.05) is 51.0 Å². The normalized spacial score (nSPS) is 14.3. The van der Waals surface area contributed by atoms with Crippen LogP contribution < -0.4 is 29.1 Å². The van der Waals surface area contributed by atoms with Crippen LogP contribution in [0.4, 0.5) is 0 Å². The number of allylic oxidation sites excluding steroid dienone is 1. The summed E-state index contributed by atoms with van der Waals surface area (Å²) >= 11 is 11.2. The van der Waals surface area contributed by atoms with Crippen molar-refractivity contribution >= 4 is 50.9 Å². The molecular formula is C33H27BrClN3O6S. The largest absolute Gasteiger partial charge is 0.493 e. The molecule has 9 nitrogen and oxygen atoms in total. The molecule has 3 aromatic carbocycles. The maximum Gasteiger partial charge on any atom is 0.338 e. The third kappa shape index (κ3) is 6.54. The highest BCUT2D eigenvalue weighted by molar-refractivity contribution is 9.10. The van der Waals surface area contributed by atoms with E-state index in [4.69, 9.17) is 35.8 Å². The Morgan fingerprint density at radius 3 is 2.49 bits per heavy atom. The smallest absolute Gasteiger partial charge is 0.338 e. The molecule has 0 radical (unpaired) electrons. The maximum absolute atomic E-state index is 14.2. The molecule has 0 bridgehead atoms. The molecule has 0 unspecified atom stereocenters. The lowest BCUT2D eigenvalue weighted by molar-refractivity contribution is -0.139. The molecule has 1 aliphatic heterocycles. The number of rotatable bonds is 9. The number of esters is 1. The fraction of sp³-hybridized carbons (Fsp3) is 0.212. The number of nitriles is 1. The molecule has 1 aliphatic rings. The highest BCUT2D eigenvalue weighted by Crippen LogP contribution is 2.40. The van der Waals surface area contributed by atoms with E-state index in [0.717, 1.165) is 5.56 Å². The molecule has 12 heteroatoms. The molecular weight excluding hydrogens is 682 g/mol. The van der Waals surface area contributed by atoms with Gasteiger partial charge in [-0.2, -0.15) is 5.26 Å². The van der Waals surface area contributed by atoms with E-state index >= 15 is 0 Å². The number of hydrogen-bond donors (Lipinski definition) is 0. The average molecular weight is 709 g/mol. The number of ether oxygens (including phenoxy) is 4. The third-order valence-corrected chi connectivity index (χ3v) is 8.96. The van der Waals surface area contributed by atoms with E-state index in [0.29, 0.717) is 58.5 Å². The van der Waals surface area contributed by atoms with Crippen molar-refractivity contribution in [3.63, 3.8) is 0 Å². The van der Waals surface area contributed by atoms with Crippen molar-refractivity contribution in [2.24, 2.45) is 4.99 Å². The number of methoxy groups -OCH3 is 2. The summed E-state index contributed by atoms with van der Waals surface area (Å²) in [7, 11) is 3.04. The first-order valence-corrected chi connectivity index (χ1v) is 15.7. The molecule has 0 amide bonds. The molecule has 2 heterocycles. The second-order valence-electron chi connectivity index (χ2n) is 9.81. The van der Waals surface area contributed by atoms with E-state index in [9.17, 15) is 9.59 Å². The van der Waals surface area contributed by atoms with Crippen LogP contribution in [-0.2, 0) is 16.1 Å². The number of fused-ring (bicyclic) bond motifs is 1. The molecule has 230 valence electrons. The summed E-state index contributed by atoms with van der Waals surface area (Å²) in [6.45, 7) is 3.83. The molecule has 4 aromatic rings. The van der Waals surface area contributed by atoms with Crippen LogP contribution in [0.3, 0.4) is 0 Å². The van der Waals surface area contributed by atoms with Gasteiger partial charge in [0, 0.05) is 15.1 Å². The van der Waals surface area contributed by atoms with Gasteiger partial charge in [0.05, 0.1) is 54.3 Å². The first-order valence-electron chi connectivity index (χ1n) is 13.7. The summed E-state index contributed by atoms with van der Waals surface area (Å²) < 4.78 is 25.0. The molecule has 0 saturated carbocycles. The summed E-state index contributed by atoms with van der Waals surface area (Å²) in [5.74, 6) is 0.845. The molecule has 0 fully saturated rings. The minimum atomic E-state index is -0.872. The zero-order chi connectivity index (χ0) is 32.2. The van der Waals surface area contributed by atoms with Crippen molar-refractivity contribution in [1.82, 2.24) is 4.57 Å². The van der Waals surface area contributed by atoms with Gasteiger partial charge in [-0.25, -0.2) is 9.79 Å². The summed E-state index contributed by atoms with van der Waals surface area (Å²) in [6, 6.07) is 16.9. The fourth-order valence-corrected chi connectivity index (χ4v) is 6.66. The Labute approximate surface area is 276 Å². The summed E-state index contributed by atoms with van der Waals surface area (Å²) in [4.78, 5) is 32.6. The molecule has 0 saturated heterocycles. The van der Waals surface area contributed by atoms with Gasteiger partial charge in [0.2, 0.25) is 0 Å². The monoisotopic (exact) mass is 707 g/mol. The number of hydrogen-bond acceptors (Lipinski definition) is 9. The van der Waals surface area contributed by atoms with Gasteiger partial charge < -0.3 is 18.9 Å². The summed E-state index contributed by atoms with van der Waals surface area (Å²) in [6.07, 6.45) is 1.70. The lowest BCUT2D eigenvalue weighted by atomic mass is 9.95. The lowest BCUT2D eigenvalue weighted by Gasteiger charge is -2.26. The first-order chi connectivity index (χ1) is 21.7. The number of nitrogens with zero attached hydrogens (tertiary/aromatic N) is 3. The predicted octanol–water partition coefficient (Wildman–Crippen LogP) is 5.68. The Hall–Kier alpha value is -4.37. The van der Waals surface area contributed by atoms with Crippen LogP contribution >= 0.6 is 38.9 Å². The van der Waals surface area contributed by atoms with Crippen molar-refractivity contribution in [3.8, 4) is 23.3 Å². The van der Waals surface area contributed by atoms with E-state index in [1.807, 2.05) is 12.1 Å². The van der Waals surface area contributed by atoms with Crippen molar-refractivity contribution in [3.05, 3.63) is 117 Å². The predicted molar refractivity (Wildman–Crippen MR) is 175 cm³/mol. The Morgan fingerprint density at radius 2 is 1.82 bits per heavy atom. The van der Waals surface area contributed by atoms with Gasteiger partial charge >= 0.3 is 5.97 Å². The number of benzene rings is 3. The van der Waals surface area contributed by atoms with Crippen LogP contribution in [0.5, 0.6) is 17.2 Å². The molecule has 1 atom stereocenters. The van der Waals surface area contributed by atoms with Gasteiger partial charge in [-0.3, -0.25) is 9.36 Å². The number of carbonyl (C=O) groups excluding carboxylic acids is 1. The third-order valence-electron chi connectivity index (χ3n) is 7.05. The van der Waals surface area contributed by atoms with E-state index in [-0.39, 0.29) is 24.3 Å². The second kappa shape index (κ2) is 13.7. The van der Waals surface area contributed by atoms with Crippen molar-refractivity contribution in [2.75, 3.05) is 20.8 Å². The van der Waals surface area contributed by atoms with Crippen molar-refractivity contribution in [2.45, 2.75) is 26.5 Å². The van der Waals surface area contributed by atoms with Gasteiger partial charge in [-0.05, 0) is 73.5 Å². The summed E-state index contributed by atoms with van der Waals surface area (Å²) in [5, 5.41) is 9.54. The Kier molecular flexibility index (Phi) is 9.77. The molecule has 0 spiro atoms. The quantitative estimate of drug-likeness (QED) is 0.206. The number of aromatic nitrogens is 1. The zero-order valence-corrected chi connectivity index (χ0v) is 27.9. The fourth-order valence-electron chi connectivity index (χ4n) is 4.91. The Morgan fingerprint density at radius 1 is 1.11 bits per heavy atom. The van der Waals surface area contributed by atoms with Crippen molar-refractivity contribution < 1.29 is 23.7 Å². The molecule has 1 aromatic heterocycles. The van der Waals surface area contributed by atoms with Crippen LogP contribution in [0.2, 0.25) is 5.02 Å². The van der Waals surface area contributed by atoms with Gasteiger partial charge in [-0.15, -0.1) is 0 Å².